The fraction of sp³-hybridized carbons (Fsp3) is 0.929. The van der Waals surface area contributed by atoms with E-state index in [0.29, 0.717) is 5.92 Å². The van der Waals surface area contributed by atoms with Crippen LogP contribution in [0.15, 0.2) is 0 Å². The van der Waals surface area contributed by atoms with Crippen molar-refractivity contribution in [3.05, 3.63) is 0 Å². The van der Waals surface area contributed by atoms with Crippen molar-refractivity contribution in [2.45, 2.75) is 64.6 Å². The molecule has 0 heterocycles. The van der Waals surface area contributed by atoms with Crippen molar-refractivity contribution < 1.29 is 9.90 Å². The maximum atomic E-state index is 12.2. The summed E-state index contributed by atoms with van der Waals surface area (Å²) in [4.78, 5) is 13.9. The summed E-state index contributed by atoms with van der Waals surface area (Å²) in [5, 5.41) is 12.8. The molecule has 1 aliphatic rings. The summed E-state index contributed by atoms with van der Waals surface area (Å²) >= 11 is 0. The zero-order valence-electron chi connectivity index (χ0n) is 12.1. The molecule has 4 nitrogen and oxygen atoms in total. The summed E-state index contributed by atoms with van der Waals surface area (Å²) in [5.74, 6) is 0.436. The number of aliphatic hydroxyl groups excluding tert-OH is 1. The number of rotatable bonds is 5. The van der Waals surface area contributed by atoms with Crippen LogP contribution in [0, 0.1) is 5.92 Å². The predicted molar refractivity (Wildman–Crippen MR) is 73.3 cm³/mol. The van der Waals surface area contributed by atoms with E-state index in [4.69, 9.17) is 0 Å². The second-order valence-corrected chi connectivity index (χ2v) is 5.76. The number of nitrogens with one attached hydrogen (secondary N) is 1. The van der Waals surface area contributed by atoms with E-state index in [1.165, 1.54) is 12.8 Å². The van der Waals surface area contributed by atoms with Gasteiger partial charge in [0.15, 0.2) is 0 Å². The highest BCUT2D eigenvalue weighted by Crippen LogP contribution is 2.24. The Hall–Kier alpha value is -0.610. The average molecular weight is 256 g/mol. The zero-order chi connectivity index (χ0) is 13.7. The van der Waals surface area contributed by atoms with Gasteiger partial charge in [0.1, 0.15) is 0 Å². The van der Waals surface area contributed by atoms with E-state index in [2.05, 4.69) is 5.32 Å². The molecule has 0 aromatic heterocycles. The summed E-state index contributed by atoms with van der Waals surface area (Å²) in [7, 11) is 1.84. The smallest absolute Gasteiger partial charge is 0.239 e. The number of carbonyl (C=O) groups excluding carboxylic acids is 1. The van der Waals surface area contributed by atoms with Gasteiger partial charge in [-0.15, -0.1) is 0 Å². The molecule has 106 valence electrons. The summed E-state index contributed by atoms with van der Waals surface area (Å²) in [6.45, 7) is 6.17. The van der Waals surface area contributed by atoms with Gasteiger partial charge in [-0.1, -0.05) is 12.8 Å². The Kier molecular flexibility index (Phi) is 6.09. The summed E-state index contributed by atoms with van der Waals surface area (Å²) in [6, 6.07) is 0.333. The SMILES string of the molecule is CC(C)N(C)C(=O)[C@H](C)N[C@@H]1CCCC[C@H]1CO. The lowest BCUT2D eigenvalue weighted by Crippen LogP contribution is -2.52. The molecule has 0 spiro atoms. The van der Waals surface area contributed by atoms with Crippen LogP contribution in [0.2, 0.25) is 0 Å². The molecule has 18 heavy (non-hydrogen) atoms. The van der Waals surface area contributed by atoms with Crippen molar-refractivity contribution >= 4 is 5.91 Å². The average Bonchev–Trinajstić information content (AvgIpc) is 2.37. The molecular weight excluding hydrogens is 228 g/mol. The molecule has 2 N–H and O–H groups in total. The predicted octanol–water partition coefficient (Wildman–Crippen LogP) is 1.38. The van der Waals surface area contributed by atoms with Gasteiger partial charge in [-0.2, -0.15) is 0 Å². The van der Waals surface area contributed by atoms with Crippen LogP contribution in [0.3, 0.4) is 0 Å². The minimum Gasteiger partial charge on any atom is -0.396 e. The van der Waals surface area contributed by atoms with E-state index in [0.717, 1.165) is 12.8 Å². The minimum absolute atomic E-state index is 0.132. The van der Waals surface area contributed by atoms with Gasteiger partial charge in [-0.25, -0.2) is 0 Å². The maximum Gasteiger partial charge on any atom is 0.239 e. The molecule has 0 aromatic carbocycles. The number of hydrogen-bond donors (Lipinski definition) is 2. The van der Waals surface area contributed by atoms with Gasteiger partial charge in [-0.3, -0.25) is 4.79 Å². The molecule has 0 aromatic rings. The van der Waals surface area contributed by atoms with E-state index in [9.17, 15) is 9.90 Å². The Labute approximate surface area is 111 Å². The molecule has 4 heteroatoms. The van der Waals surface area contributed by atoms with Crippen molar-refractivity contribution in [1.29, 1.82) is 0 Å². The Morgan fingerprint density at radius 1 is 1.33 bits per heavy atom. The van der Waals surface area contributed by atoms with Crippen LogP contribution in [-0.4, -0.2) is 47.7 Å². The summed E-state index contributed by atoms with van der Waals surface area (Å²) in [6.07, 6.45) is 4.51. The third-order valence-corrected chi connectivity index (χ3v) is 4.10. The standard InChI is InChI=1S/C14H28N2O2/c1-10(2)16(4)14(18)11(3)15-13-8-6-5-7-12(13)9-17/h10-13,15,17H,5-9H2,1-4H3/t11-,12-,13+/m0/s1. The normalized spacial score (nSPS) is 26.1. The summed E-state index contributed by atoms with van der Waals surface area (Å²) < 4.78 is 0. The molecule has 1 saturated carbocycles. The van der Waals surface area contributed by atoms with E-state index in [1.54, 1.807) is 4.90 Å². The van der Waals surface area contributed by atoms with Crippen LogP contribution in [0.4, 0.5) is 0 Å². The van der Waals surface area contributed by atoms with Gasteiger partial charge in [0.05, 0.1) is 6.04 Å². The largest absolute Gasteiger partial charge is 0.396 e. The number of hydrogen-bond acceptors (Lipinski definition) is 3. The van der Waals surface area contributed by atoms with Gasteiger partial charge in [0.2, 0.25) is 5.91 Å². The van der Waals surface area contributed by atoms with Crippen LogP contribution in [0.25, 0.3) is 0 Å². The first-order valence-corrected chi connectivity index (χ1v) is 7.11. The van der Waals surface area contributed by atoms with Gasteiger partial charge < -0.3 is 15.3 Å². The van der Waals surface area contributed by atoms with Gasteiger partial charge >= 0.3 is 0 Å². The topological polar surface area (TPSA) is 52.6 Å². The first kappa shape index (κ1) is 15.4. The second kappa shape index (κ2) is 7.10. The lowest BCUT2D eigenvalue weighted by molar-refractivity contribution is -0.133. The molecular formula is C14H28N2O2. The number of amides is 1. The second-order valence-electron chi connectivity index (χ2n) is 5.76. The number of likely N-dealkylation sites (N-methyl/N-ethyl adjacent to an activating group) is 1. The molecule has 1 rings (SSSR count). The number of aliphatic hydroxyl groups is 1. The van der Waals surface area contributed by atoms with Crippen molar-refractivity contribution in [3.63, 3.8) is 0 Å². The Morgan fingerprint density at radius 2 is 1.94 bits per heavy atom. The number of nitrogens with zero attached hydrogens (tertiary/aromatic N) is 1. The van der Waals surface area contributed by atoms with Crippen molar-refractivity contribution in [2.24, 2.45) is 5.92 Å². The number of carbonyl (C=O) groups is 1. The van der Waals surface area contributed by atoms with Gasteiger partial charge in [0.25, 0.3) is 0 Å². The minimum atomic E-state index is -0.172. The molecule has 0 saturated heterocycles. The van der Waals surface area contributed by atoms with Crippen LogP contribution >= 0.6 is 0 Å². The molecule has 0 aliphatic heterocycles. The Bertz CT molecular complexity index is 269. The van der Waals surface area contributed by atoms with E-state index in [1.807, 2.05) is 27.8 Å². The van der Waals surface area contributed by atoms with E-state index in [-0.39, 0.29) is 30.6 Å². The van der Waals surface area contributed by atoms with Crippen LogP contribution in [0.1, 0.15) is 46.5 Å². The molecule has 1 amide bonds. The maximum absolute atomic E-state index is 12.2. The first-order chi connectivity index (χ1) is 8.47. The van der Waals surface area contributed by atoms with Gasteiger partial charge in [-0.05, 0) is 39.5 Å². The summed E-state index contributed by atoms with van der Waals surface area (Å²) in [5.41, 5.74) is 0. The van der Waals surface area contributed by atoms with Crippen molar-refractivity contribution in [2.75, 3.05) is 13.7 Å². The molecule has 0 unspecified atom stereocenters. The third-order valence-electron chi connectivity index (χ3n) is 4.10. The molecule has 1 fully saturated rings. The lowest BCUT2D eigenvalue weighted by atomic mass is 9.84. The third kappa shape index (κ3) is 3.95. The van der Waals surface area contributed by atoms with Crippen molar-refractivity contribution in [3.8, 4) is 0 Å². The highest BCUT2D eigenvalue weighted by Gasteiger charge is 2.28. The first-order valence-electron chi connectivity index (χ1n) is 7.11. The van der Waals surface area contributed by atoms with E-state index < -0.39 is 0 Å². The van der Waals surface area contributed by atoms with Crippen LogP contribution in [0.5, 0.6) is 0 Å². The Balaban J connectivity index is 2.52. The molecule has 0 bridgehead atoms. The molecule has 1 aliphatic carbocycles. The molecule has 0 radical (unpaired) electrons. The van der Waals surface area contributed by atoms with Crippen molar-refractivity contribution in [1.82, 2.24) is 10.2 Å². The van der Waals surface area contributed by atoms with Crippen LogP contribution in [-0.2, 0) is 4.79 Å². The monoisotopic (exact) mass is 256 g/mol. The lowest BCUT2D eigenvalue weighted by Gasteiger charge is -2.34. The highest BCUT2D eigenvalue weighted by molar-refractivity contribution is 5.81. The fourth-order valence-electron chi connectivity index (χ4n) is 2.60. The van der Waals surface area contributed by atoms with Gasteiger partial charge in [0, 0.05) is 25.7 Å². The van der Waals surface area contributed by atoms with Crippen LogP contribution < -0.4 is 5.32 Å². The molecule has 3 atom stereocenters. The zero-order valence-corrected chi connectivity index (χ0v) is 12.1. The quantitative estimate of drug-likeness (QED) is 0.781. The fourth-order valence-corrected chi connectivity index (χ4v) is 2.60. The highest BCUT2D eigenvalue weighted by atomic mass is 16.3. The van der Waals surface area contributed by atoms with E-state index >= 15 is 0 Å². The Morgan fingerprint density at radius 3 is 2.50 bits per heavy atom.